The van der Waals surface area contributed by atoms with E-state index in [1.165, 1.54) is 30.0 Å². The number of rotatable bonds is 2. The molecule has 0 aliphatic carbocycles. The van der Waals surface area contributed by atoms with E-state index in [1.807, 2.05) is 0 Å². The fraction of sp³-hybridized carbons (Fsp3) is 0.200. The number of alkyl halides is 3. The second-order valence-electron chi connectivity index (χ2n) is 3.02. The SMILES string of the molecule is CSC(=Nc1ccc(SC(F)(F)F)cc1Br)NC#N. The van der Waals surface area contributed by atoms with Crippen LogP contribution in [-0.2, 0) is 0 Å². The van der Waals surface area contributed by atoms with Gasteiger partial charge in [-0.2, -0.15) is 18.4 Å². The Morgan fingerprint density at radius 1 is 1.47 bits per heavy atom. The first-order valence-electron chi connectivity index (χ1n) is 4.69. The highest BCUT2D eigenvalue weighted by molar-refractivity contribution is 9.10. The van der Waals surface area contributed by atoms with E-state index >= 15 is 0 Å². The summed E-state index contributed by atoms with van der Waals surface area (Å²) in [4.78, 5) is 4.18. The summed E-state index contributed by atoms with van der Waals surface area (Å²) in [6, 6.07) is 4.11. The molecule has 0 aromatic heterocycles. The third kappa shape index (κ3) is 5.76. The van der Waals surface area contributed by atoms with E-state index in [-0.39, 0.29) is 16.7 Å². The summed E-state index contributed by atoms with van der Waals surface area (Å²) < 4.78 is 37.1. The number of amidine groups is 1. The molecular formula is C10H7BrF3N3S2. The first kappa shape index (κ1) is 16.2. The van der Waals surface area contributed by atoms with Crippen LogP contribution in [0.1, 0.15) is 0 Å². The average Bonchev–Trinajstić information content (AvgIpc) is 2.29. The fourth-order valence-electron chi connectivity index (χ4n) is 1.06. The van der Waals surface area contributed by atoms with Crippen LogP contribution in [0.4, 0.5) is 18.9 Å². The molecule has 1 N–H and O–H groups in total. The van der Waals surface area contributed by atoms with Crippen molar-refractivity contribution in [2.75, 3.05) is 6.26 Å². The number of hydrogen-bond donors (Lipinski definition) is 1. The Kier molecular flexibility index (Phi) is 6.03. The van der Waals surface area contributed by atoms with Gasteiger partial charge < -0.3 is 0 Å². The first-order chi connectivity index (χ1) is 8.85. The first-order valence-corrected chi connectivity index (χ1v) is 7.52. The van der Waals surface area contributed by atoms with Gasteiger partial charge in [0.15, 0.2) is 11.4 Å². The van der Waals surface area contributed by atoms with E-state index < -0.39 is 5.51 Å². The molecule has 0 aliphatic rings. The van der Waals surface area contributed by atoms with Gasteiger partial charge in [-0.05, 0) is 52.1 Å². The van der Waals surface area contributed by atoms with Gasteiger partial charge >= 0.3 is 5.51 Å². The van der Waals surface area contributed by atoms with E-state index in [1.54, 1.807) is 12.4 Å². The number of benzene rings is 1. The summed E-state index contributed by atoms with van der Waals surface area (Å²) in [5.74, 6) is 0. The lowest BCUT2D eigenvalue weighted by atomic mass is 10.3. The van der Waals surface area contributed by atoms with Crippen molar-refractivity contribution in [3.05, 3.63) is 22.7 Å². The van der Waals surface area contributed by atoms with Crippen molar-refractivity contribution in [2.24, 2.45) is 4.99 Å². The van der Waals surface area contributed by atoms with Crippen LogP contribution in [0, 0.1) is 11.5 Å². The van der Waals surface area contributed by atoms with Crippen LogP contribution in [0.2, 0.25) is 0 Å². The molecule has 0 amide bonds. The molecular weight excluding hydrogens is 363 g/mol. The Bertz CT molecular complexity index is 526. The zero-order valence-electron chi connectivity index (χ0n) is 9.45. The third-order valence-corrected chi connectivity index (χ3v) is 3.67. The topological polar surface area (TPSA) is 48.2 Å². The van der Waals surface area contributed by atoms with Gasteiger partial charge in [-0.25, -0.2) is 4.99 Å². The normalized spacial score (nSPS) is 12.1. The molecule has 1 aromatic carbocycles. The Balaban J connectivity index is 2.98. The minimum atomic E-state index is -4.32. The van der Waals surface area contributed by atoms with E-state index in [0.717, 1.165) is 0 Å². The minimum Gasteiger partial charge on any atom is -0.271 e. The van der Waals surface area contributed by atoms with Gasteiger partial charge in [0.05, 0.1) is 5.69 Å². The molecule has 1 aromatic rings. The lowest BCUT2D eigenvalue weighted by molar-refractivity contribution is -0.0328. The van der Waals surface area contributed by atoms with Crippen molar-refractivity contribution in [1.82, 2.24) is 5.32 Å². The standard InChI is InChI=1S/C10H7BrF3N3S2/c1-18-9(16-5-15)17-8-3-2-6(4-7(8)11)19-10(12,13)14/h2-4H,1H3,(H,16,17). The Morgan fingerprint density at radius 2 is 2.16 bits per heavy atom. The number of nitrogens with zero attached hydrogens (tertiary/aromatic N) is 2. The minimum absolute atomic E-state index is 0.0669. The van der Waals surface area contributed by atoms with E-state index in [4.69, 9.17) is 5.26 Å². The highest BCUT2D eigenvalue weighted by Gasteiger charge is 2.29. The smallest absolute Gasteiger partial charge is 0.271 e. The maximum atomic E-state index is 12.2. The number of nitrogens with one attached hydrogen (secondary N) is 1. The zero-order valence-corrected chi connectivity index (χ0v) is 12.7. The zero-order chi connectivity index (χ0) is 14.5. The number of hydrogen-bond acceptors (Lipinski definition) is 4. The molecule has 0 fully saturated rings. The predicted molar refractivity (Wildman–Crippen MR) is 75.4 cm³/mol. The summed E-state index contributed by atoms with van der Waals surface area (Å²) in [5.41, 5.74) is -3.88. The van der Waals surface area contributed by atoms with E-state index in [0.29, 0.717) is 15.3 Å². The van der Waals surface area contributed by atoms with Gasteiger partial charge in [0.1, 0.15) is 0 Å². The number of thioether (sulfide) groups is 2. The number of aliphatic imine (C=N–C) groups is 1. The van der Waals surface area contributed by atoms with Crippen molar-refractivity contribution >= 4 is 50.3 Å². The predicted octanol–water partition coefficient (Wildman–Crippen LogP) is 4.48. The Labute approximate surface area is 124 Å². The number of halogens is 4. The van der Waals surface area contributed by atoms with Crippen LogP contribution >= 0.6 is 39.5 Å². The monoisotopic (exact) mass is 369 g/mol. The van der Waals surface area contributed by atoms with Crippen molar-refractivity contribution in [3.63, 3.8) is 0 Å². The van der Waals surface area contributed by atoms with Crippen molar-refractivity contribution in [2.45, 2.75) is 10.4 Å². The van der Waals surface area contributed by atoms with Crippen molar-refractivity contribution in [1.29, 1.82) is 5.26 Å². The molecule has 9 heteroatoms. The van der Waals surface area contributed by atoms with E-state index in [9.17, 15) is 13.2 Å². The molecule has 0 saturated heterocycles. The van der Waals surface area contributed by atoms with Crippen molar-refractivity contribution in [3.8, 4) is 6.19 Å². The van der Waals surface area contributed by atoms with Gasteiger partial charge in [0.2, 0.25) is 0 Å². The molecule has 19 heavy (non-hydrogen) atoms. The molecule has 0 saturated carbocycles. The van der Waals surface area contributed by atoms with Crippen LogP contribution in [0.5, 0.6) is 0 Å². The van der Waals surface area contributed by atoms with Crippen LogP contribution in [-0.4, -0.2) is 16.9 Å². The molecule has 0 aliphatic heterocycles. The summed E-state index contributed by atoms with van der Waals surface area (Å²) in [6.45, 7) is 0. The third-order valence-electron chi connectivity index (χ3n) is 1.73. The van der Waals surface area contributed by atoms with Crippen LogP contribution in [0.25, 0.3) is 0 Å². The summed E-state index contributed by atoms with van der Waals surface area (Å²) >= 11 is 4.19. The van der Waals surface area contributed by atoms with Gasteiger partial charge in [0.25, 0.3) is 0 Å². The van der Waals surface area contributed by atoms with Crippen LogP contribution in [0.15, 0.2) is 32.6 Å². The maximum absolute atomic E-state index is 12.2. The lowest BCUT2D eigenvalue weighted by Crippen LogP contribution is -2.12. The van der Waals surface area contributed by atoms with Gasteiger partial charge in [-0.15, -0.1) is 0 Å². The van der Waals surface area contributed by atoms with Gasteiger partial charge in [-0.3, -0.25) is 5.32 Å². The van der Waals surface area contributed by atoms with Crippen LogP contribution in [0.3, 0.4) is 0 Å². The average molecular weight is 370 g/mol. The fourth-order valence-corrected chi connectivity index (χ4v) is 2.59. The second-order valence-corrected chi connectivity index (χ2v) is 5.81. The Hall–Kier alpha value is -0.850. The largest absolute Gasteiger partial charge is 0.446 e. The molecule has 1 rings (SSSR count). The van der Waals surface area contributed by atoms with E-state index in [2.05, 4.69) is 26.2 Å². The summed E-state index contributed by atoms with van der Waals surface area (Å²) in [7, 11) is 0. The van der Waals surface area contributed by atoms with Gasteiger partial charge in [0, 0.05) is 9.37 Å². The molecule has 3 nitrogen and oxygen atoms in total. The molecule has 0 radical (unpaired) electrons. The molecule has 0 heterocycles. The lowest BCUT2D eigenvalue weighted by Gasteiger charge is -2.07. The van der Waals surface area contributed by atoms with Crippen LogP contribution < -0.4 is 5.32 Å². The van der Waals surface area contributed by atoms with Crippen molar-refractivity contribution < 1.29 is 13.2 Å². The number of nitriles is 1. The maximum Gasteiger partial charge on any atom is 0.446 e. The molecule has 0 unspecified atom stereocenters. The Morgan fingerprint density at radius 3 is 2.63 bits per heavy atom. The summed E-state index contributed by atoms with van der Waals surface area (Å²) in [6.07, 6.45) is 3.46. The molecule has 0 spiro atoms. The summed E-state index contributed by atoms with van der Waals surface area (Å²) in [5, 5.41) is 11.2. The molecule has 102 valence electrons. The second kappa shape index (κ2) is 7.07. The molecule has 0 atom stereocenters. The quantitative estimate of drug-likeness (QED) is 0.274. The van der Waals surface area contributed by atoms with Gasteiger partial charge in [-0.1, -0.05) is 11.8 Å². The highest BCUT2D eigenvalue weighted by atomic mass is 79.9. The molecule has 0 bridgehead atoms. The highest BCUT2D eigenvalue weighted by Crippen LogP contribution is 2.39.